The molecule has 1 aromatic heterocycles. The Hall–Kier alpha value is -1.60. The number of morpholine rings is 1. The Kier molecular flexibility index (Phi) is 6.21. The van der Waals surface area contributed by atoms with Crippen molar-refractivity contribution in [2.75, 3.05) is 33.4 Å². The van der Waals surface area contributed by atoms with Gasteiger partial charge in [0.25, 0.3) is 5.91 Å². The zero-order valence-electron chi connectivity index (χ0n) is 16.3. The first-order valence-electron chi connectivity index (χ1n) is 10.1. The molecule has 2 aromatic rings. The summed E-state index contributed by atoms with van der Waals surface area (Å²) in [5.74, 6) is 0.101. The molecule has 1 N–H and O–H groups in total. The molecule has 0 radical (unpaired) electrons. The minimum atomic E-state index is -0.376. The van der Waals surface area contributed by atoms with Crippen LogP contribution in [0.2, 0.25) is 5.02 Å². The van der Waals surface area contributed by atoms with Crippen LogP contribution in [0.3, 0.4) is 0 Å². The summed E-state index contributed by atoms with van der Waals surface area (Å²) in [6.07, 6.45) is 4.87. The summed E-state index contributed by atoms with van der Waals surface area (Å²) in [5, 5.41) is 5.14. The number of carbonyl (C=O) groups excluding carboxylic acids is 1. The molecule has 0 bridgehead atoms. The highest BCUT2D eigenvalue weighted by molar-refractivity contribution is 6.31. The van der Waals surface area contributed by atoms with E-state index < -0.39 is 0 Å². The van der Waals surface area contributed by atoms with E-state index in [0.717, 1.165) is 53.8 Å². The highest BCUT2D eigenvalue weighted by atomic mass is 35.5. The maximum Gasteiger partial charge on any atom is 0.253 e. The maximum atomic E-state index is 13.1. The second-order valence-corrected chi connectivity index (χ2v) is 8.05. The van der Waals surface area contributed by atoms with E-state index in [-0.39, 0.29) is 12.0 Å². The lowest BCUT2D eigenvalue weighted by molar-refractivity contribution is -0.146. The Morgan fingerprint density at radius 3 is 3.00 bits per heavy atom. The quantitative estimate of drug-likeness (QED) is 0.686. The van der Waals surface area contributed by atoms with Gasteiger partial charge in [-0.2, -0.15) is 0 Å². The van der Waals surface area contributed by atoms with Crippen molar-refractivity contribution in [2.24, 2.45) is 0 Å². The van der Waals surface area contributed by atoms with Gasteiger partial charge in [0.2, 0.25) is 0 Å². The number of hydrogen-bond donors (Lipinski definition) is 1. The fourth-order valence-electron chi connectivity index (χ4n) is 3.90. The van der Waals surface area contributed by atoms with Gasteiger partial charge in [0.15, 0.2) is 0 Å². The van der Waals surface area contributed by atoms with Crippen molar-refractivity contribution in [1.82, 2.24) is 14.8 Å². The highest BCUT2D eigenvalue weighted by Gasteiger charge is 2.37. The molecule has 6 nitrogen and oxygen atoms in total. The third-order valence-electron chi connectivity index (χ3n) is 5.49. The van der Waals surface area contributed by atoms with Crippen LogP contribution >= 0.6 is 11.6 Å². The van der Waals surface area contributed by atoms with E-state index >= 15 is 0 Å². The van der Waals surface area contributed by atoms with Crippen molar-refractivity contribution in [2.45, 2.75) is 44.5 Å². The third-order valence-corrected chi connectivity index (χ3v) is 5.72. The van der Waals surface area contributed by atoms with Crippen LogP contribution in [-0.4, -0.2) is 60.9 Å². The Bertz CT molecular complexity index is 828. The van der Waals surface area contributed by atoms with Gasteiger partial charge in [0, 0.05) is 68.1 Å². The normalized spacial score (nSPS) is 19.9. The molecule has 2 heterocycles. The van der Waals surface area contributed by atoms with Crippen LogP contribution in [-0.2, 0) is 27.4 Å². The van der Waals surface area contributed by atoms with Gasteiger partial charge >= 0.3 is 0 Å². The summed E-state index contributed by atoms with van der Waals surface area (Å²) >= 11 is 6.25. The number of nitrogens with one attached hydrogen (secondary N) is 1. The minimum absolute atomic E-state index is 0.101. The summed E-state index contributed by atoms with van der Waals surface area (Å²) in [4.78, 5) is 15.1. The second kappa shape index (κ2) is 8.82. The van der Waals surface area contributed by atoms with Gasteiger partial charge in [-0.3, -0.25) is 4.79 Å². The first-order chi connectivity index (χ1) is 13.7. The monoisotopic (exact) mass is 405 g/mol. The number of ether oxygens (including phenoxy) is 2. The lowest BCUT2D eigenvalue weighted by Crippen LogP contribution is -2.49. The molecule has 4 rings (SSSR count). The summed E-state index contributed by atoms with van der Waals surface area (Å²) in [7, 11) is 1.72. The van der Waals surface area contributed by atoms with Crippen molar-refractivity contribution in [3.05, 3.63) is 35.0 Å². The van der Waals surface area contributed by atoms with Gasteiger partial charge in [-0.1, -0.05) is 17.7 Å². The molecular weight excluding hydrogens is 378 g/mol. The van der Waals surface area contributed by atoms with Crippen LogP contribution in [0, 0.1) is 0 Å². The van der Waals surface area contributed by atoms with Gasteiger partial charge in [0.05, 0.1) is 6.61 Å². The van der Waals surface area contributed by atoms with E-state index in [9.17, 15) is 4.79 Å². The van der Waals surface area contributed by atoms with E-state index in [1.165, 1.54) is 0 Å². The van der Waals surface area contributed by atoms with Crippen LogP contribution in [0.1, 0.15) is 24.8 Å². The van der Waals surface area contributed by atoms with Crippen LogP contribution in [0.15, 0.2) is 24.4 Å². The molecule has 0 spiro atoms. The van der Waals surface area contributed by atoms with Gasteiger partial charge in [-0.25, -0.2) is 0 Å². The Morgan fingerprint density at radius 2 is 2.29 bits per heavy atom. The molecule has 7 heteroatoms. The van der Waals surface area contributed by atoms with Gasteiger partial charge < -0.3 is 24.3 Å². The molecule has 1 saturated carbocycles. The summed E-state index contributed by atoms with van der Waals surface area (Å²) in [6.45, 7) is 4.18. The molecule has 2 fully saturated rings. The zero-order chi connectivity index (χ0) is 19.5. The highest BCUT2D eigenvalue weighted by Crippen LogP contribution is 2.32. The number of carbonyl (C=O) groups is 1. The smallest absolute Gasteiger partial charge is 0.253 e. The maximum absolute atomic E-state index is 13.1. The number of nitrogens with zero attached hydrogens (tertiary/aromatic N) is 2. The number of aromatic nitrogens is 1. The number of aryl methyl sites for hydroxylation is 1. The molecule has 1 saturated heterocycles. The number of benzene rings is 1. The second-order valence-electron chi connectivity index (χ2n) is 7.62. The number of methoxy groups -OCH3 is 1. The van der Waals surface area contributed by atoms with E-state index in [2.05, 4.69) is 22.1 Å². The molecule has 2 aliphatic rings. The third kappa shape index (κ3) is 4.35. The molecule has 0 unspecified atom stereocenters. The van der Waals surface area contributed by atoms with Crippen LogP contribution in [0.25, 0.3) is 10.9 Å². The van der Waals surface area contributed by atoms with Crippen molar-refractivity contribution in [3.63, 3.8) is 0 Å². The predicted molar refractivity (Wildman–Crippen MR) is 110 cm³/mol. The number of amides is 1. The average molecular weight is 406 g/mol. The van der Waals surface area contributed by atoms with Gasteiger partial charge in [-0.15, -0.1) is 0 Å². The van der Waals surface area contributed by atoms with Crippen molar-refractivity contribution in [3.8, 4) is 0 Å². The zero-order valence-corrected chi connectivity index (χ0v) is 17.1. The first-order valence-corrected chi connectivity index (χ1v) is 10.4. The van der Waals surface area contributed by atoms with E-state index in [1.54, 1.807) is 7.11 Å². The van der Waals surface area contributed by atoms with E-state index in [1.807, 2.05) is 17.0 Å². The fourth-order valence-corrected chi connectivity index (χ4v) is 4.06. The van der Waals surface area contributed by atoms with Gasteiger partial charge in [-0.05, 0) is 37.0 Å². The Balaban J connectivity index is 1.59. The standard InChI is InChI=1S/C21H28ClN3O3/c1-27-9-2-8-24-13-15(18-6-3-16(22)11-19(18)24)14-25(17-4-5-17)21(26)20-12-23-7-10-28-20/h3,6,11,13,17,20,23H,2,4-5,7-10,12,14H2,1H3/t20-/m1/s1. The molecule has 1 aliphatic heterocycles. The van der Waals surface area contributed by atoms with Gasteiger partial charge in [0.1, 0.15) is 6.10 Å². The van der Waals surface area contributed by atoms with Crippen LogP contribution in [0.5, 0.6) is 0 Å². The summed E-state index contributed by atoms with van der Waals surface area (Å²) in [5.41, 5.74) is 2.27. The van der Waals surface area contributed by atoms with Crippen molar-refractivity contribution < 1.29 is 14.3 Å². The van der Waals surface area contributed by atoms with E-state index in [0.29, 0.717) is 32.3 Å². The fraction of sp³-hybridized carbons (Fsp3) is 0.571. The molecule has 28 heavy (non-hydrogen) atoms. The topological polar surface area (TPSA) is 55.7 Å². The van der Waals surface area contributed by atoms with Crippen molar-refractivity contribution >= 4 is 28.4 Å². The molecule has 1 aromatic carbocycles. The lowest BCUT2D eigenvalue weighted by atomic mass is 10.1. The molecule has 1 atom stereocenters. The van der Waals surface area contributed by atoms with Crippen LogP contribution < -0.4 is 5.32 Å². The van der Waals surface area contributed by atoms with Crippen LogP contribution in [0.4, 0.5) is 0 Å². The number of hydrogen-bond acceptors (Lipinski definition) is 4. The van der Waals surface area contributed by atoms with E-state index in [4.69, 9.17) is 21.1 Å². The van der Waals surface area contributed by atoms with Crippen molar-refractivity contribution in [1.29, 1.82) is 0 Å². The minimum Gasteiger partial charge on any atom is -0.385 e. The number of fused-ring (bicyclic) bond motifs is 1. The first kappa shape index (κ1) is 19.7. The molecule has 1 amide bonds. The number of halogens is 1. The summed E-state index contributed by atoms with van der Waals surface area (Å²) in [6, 6.07) is 6.32. The Morgan fingerprint density at radius 1 is 1.43 bits per heavy atom. The molecule has 1 aliphatic carbocycles. The number of rotatable bonds is 8. The lowest BCUT2D eigenvalue weighted by Gasteiger charge is -2.30. The average Bonchev–Trinajstić information content (AvgIpc) is 3.50. The summed E-state index contributed by atoms with van der Waals surface area (Å²) < 4.78 is 13.1. The Labute approximate surface area is 170 Å². The molecular formula is C21H28ClN3O3. The largest absolute Gasteiger partial charge is 0.385 e. The predicted octanol–water partition coefficient (Wildman–Crippen LogP) is 2.81. The molecule has 152 valence electrons. The SMILES string of the molecule is COCCCn1cc(CN(C(=O)[C@H]2CNCCO2)C2CC2)c2ccc(Cl)cc21.